The number of hydrogen-bond acceptors (Lipinski definition) is 5. The van der Waals surface area contributed by atoms with Gasteiger partial charge in [0.15, 0.2) is 11.5 Å². The zero-order valence-corrected chi connectivity index (χ0v) is 14.9. The molecule has 0 saturated heterocycles. The van der Waals surface area contributed by atoms with Gasteiger partial charge in [-0.05, 0) is 48.9 Å². The molecule has 0 heterocycles. The maximum Gasteiger partial charge on any atom is 0.269 e. The lowest BCUT2D eigenvalue weighted by Crippen LogP contribution is -2.15. The Balaban J connectivity index is 1.88. The predicted molar refractivity (Wildman–Crippen MR) is 99.9 cm³/mol. The van der Waals surface area contributed by atoms with Crippen molar-refractivity contribution >= 4 is 5.69 Å². The molecule has 1 aliphatic rings. The Bertz CT molecular complexity index is 755. The molecule has 0 aromatic heterocycles. The largest absolute Gasteiger partial charge is 0.493 e. The van der Waals surface area contributed by atoms with E-state index in [-0.39, 0.29) is 17.7 Å². The molecule has 2 aromatic carbocycles. The molecule has 1 aliphatic carbocycles. The Morgan fingerprint density at radius 2 is 1.77 bits per heavy atom. The third kappa shape index (κ3) is 3.96. The molecule has 1 saturated carbocycles. The van der Waals surface area contributed by atoms with Gasteiger partial charge in [-0.1, -0.05) is 18.2 Å². The summed E-state index contributed by atoms with van der Waals surface area (Å²) in [6.07, 6.45) is 4.75. The fraction of sp³-hybridized carbons (Fsp3) is 0.400. The molecule has 2 N–H and O–H groups in total. The van der Waals surface area contributed by atoms with Gasteiger partial charge in [0, 0.05) is 24.6 Å². The number of nitro groups is 1. The van der Waals surface area contributed by atoms with Crippen molar-refractivity contribution in [3.63, 3.8) is 0 Å². The van der Waals surface area contributed by atoms with Gasteiger partial charge in [0.05, 0.1) is 18.1 Å². The highest BCUT2D eigenvalue weighted by atomic mass is 16.6. The quantitative estimate of drug-likeness (QED) is 0.598. The van der Waals surface area contributed by atoms with Crippen molar-refractivity contribution in [3.05, 3.63) is 63.7 Å². The van der Waals surface area contributed by atoms with E-state index in [9.17, 15) is 10.1 Å². The van der Waals surface area contributed by atoms with Gasteiger partial charge < -0.3 is 15.2 Å². The van der Waals surface area contributed by atoms with Gasteiger partial charge in [0.25, 0.3) is 5.69 Å². The van der Waals surface area contributed by atoms with Crippen molar-refractivity contribution < 1.29 is 14.4 Å². The lowest BCUT2D eigenvalue weighted by Gasteiger charge is -2.20. The van der Waals surface area contributed by atoms with Gasteiger partial charge in [0.2, 0.25) is 0 Å². The first-order chi connectivity index (χ1) is 12.6. The van der Waals surface area contributed by atoms with E-state index >= 15 is 0 Å². The first-order valence-corrected chi connectivity index (χ1v) is 8.91. The molecule has 1 fully saturated rings. The number of nitro benzene ring substituents is 1. The van der Waals surface area contributed by atoms with Gasteiger partial charge in [-0.3, -0.25) is 10.1 Å². The van der Waals surface area contributed by atoms with Crippen LogP contribution in [-0.2, 0) is 0 Å². The smallest absolute Gasteiger partial charge is 0.269 e. The highest BCUT2D eigenvalue weighted by Crippen LogP contribution is 2.36. The maximum atomic E-state index is 10.9. The summed E-state index contributed by atoms with van der Waals surface area (Å²) in [5, 5.41) is 10.9. The number of nitrogens with two attached hydrogens (primary N) is 1. The lowest BCUT2D eigenvalue weighted by atomic mass is 9.91. The molecule has 138 valence electrons. The Morgan fingerprint density at radius 3 is 2.35 bits per heavy atom. The topological polar surface area (TPSA) is 87.6 Å². The molecule has 0 spiro atoms. The summed E-state index contributed by atoms with van der Waals surface area (Å²) in [6.45, 7) is 0.396. The Hall–Kier alpha value is -2.60. The number of nitrogens with zero attached hydrogens (tertiary/aromatic N) is 1. The third-order valence-corrected chi connectivity index (χ3v) is 4.93. The molecule has 26 heavy (non-hydrogen) atoms. The van der Waals surface area contributed by atoms with Crippen LogP contribution < -0.4 is 15.2 Å². The third-order valence-electron chi connectivity index (χ3n) is 4.93. The van der Waals surface area contributed by atoms with Crippen LogP contribution in [0.1, 0.15) is 42.7 Å². The molecular weight excluding hydrogens is 332 g/mol. The predicted octanol–water partition coefficient (Wildman–Crippen LogP) is 4.02. The van der Waals surface area contributed by atoms with E-state index in [1.807, 2.05) is 18.2 Å². The molecule has 0 bridgehead atoms. The first-order valence-electron chi connectivity index (χ1n) is 8.91. The van der Waals surface area contributed by atoms with Crippen molar-refractivity contribution in [2.75, 3.05) is 13.7 Å². The summed E-state index contributed by atoms with van der Waals surface area (Å²) in [5.74, 6) is 1.38. The molecule has 6 nitrogen and oxygen atoms in total. The Morgan fingerprint density at radius 1 is 1.12 bits per heavy atom. The molecular formula is C20H24N2O4. The zero-order valence-electron chi connectivity index (χ0n) is 14.9. The SMILES string of the molecule is COc1ccc(C(CN)c2ccc([N+](=O)[O-])cc2)cc1OC1CCCC1. The van der Waals surface area contributed by atoms with E-state index in [1.165, 1.54) is 25.0 Å². The second-order valence-electron chi connectivity index (χ2n) is 6.57. The monoisotopic (exact) mass is 356 g/mol. The second kappa shape index (κ2) is 8.19. The van der Waals surface area contributed by atoms with Crippen molar-refractivity contribution in [1.29, 1.82) is 0 Å². The van der Waals surface area contributed by atoms with E-state index in [4.69, 9.17) is 15.2 Å². The average Bonchev–Trinajstić information content (AvgIpc) is 3.16. The van der Waals surface area contributed by atoms with Crippen LogP contribution in [0.5, 0.6) is 11.5 Å². The summed E-state index contributed by atoms with van der Waals surface area (Å²) in [5.41, 5.74) is 8.04. The number of rotatable bonds is 7. The molecule has 0 radical (unpaired) electrons. The fourth-order valence-corrected chi connectivity index (χ4v) is 3.48. The molecule has 0 amide bonds. The maximum absolute atomic E-state index is 10.9. The fourth-order valence-electron chi connectivity index (χ4n) is 3.48. The summed E-state index contributed by atoms with van der Waals surface area (Å²) in [6, 6.07) is 12.4. The lowest BCUT2D eigenvalue weighted by molar-refractivity contribution is -0.384. The van der Waals surface area contributed by atoms with Gasteiger partial charge in [-0.25, -0.2) is 0 Å². The van der Waals surface area contributed by atoms with Crippen molar-refractivity contribution in [3.8, 4) is 11.5 Å². The number of benzene rings is 2. The van der Waals surface area contributed by atoms with Crippen LogP contribution in [0.2, 0.25) is 0 Å². The zero-order chi connectivity index (χ0) is 18.5. The minimum Gasteiger partial charge on any atom is -0.493 e. The van der Waals surface area contributed by atoms with Crippen LogP contribution in [0, 0.1) is 10.1 Å². The number of non-ortho nitro benzene ring substituents is 1. The van der Waals surface area contributed by atoms with Crippen molar-refractivity contribution in [2.45, 2.75) is 37.7 Å². The molecule has 1 atom stereocenters. The van der Waals surface area contributed by atoms with Crippen LogP contribution in [-0.4, -0.2) is 24.7 Å². The summed E-state index contributed by atoms with van der Waals surface area (Å²) in [7, 11) is 1.63. The van der Waals surface area contributed by atoms with Crippen LogP contribution >= 0.6 is 0 Å². The summed E-state index contributed by atoms with van der Waals surface area (Å²) in [4.78, 5) is 10.5. The molecule has 6 heteroatoms. The van der Waals surface area contributed by atoms with E-state index in [1.54, 1.807) is 19.2 Å². The van der Waals surface area contributed by atoms with Gasteiger partial charge in [0.1, 0.15) is 0 Å². The normalized spacial score (nSPS) is 15.6. The standard InChI is InChI=1S/C20H24N2O4/c1-25-19-11-8-15(12-20(19)26-17-4-2-3-5-17)18(13-21)14-6-9-16(10-7-14)22(23)24/h6-12,17-18H,2-5,13,21H2,1H3. The minimum absolute atomic E-state index is 0.0624. The molecule has 2 aromatic rings. The van der Waals surface area contributed by atoms with Gasteiger partial charge in [-0.15, -0.1) is 0 Å². The van der Waals surface area contributed by atoms with Gasteiger partial charge >= 0.3 is 0 Å². The van der Waals surface area contributed by atoms with Crippen LogP contribution in [0.4, 0.5) is 5.69 Å². The first kappa shape index (κ1) is 18.2. The average molecular weight is 356 g/mol. The van der Waals surface area contributed by atoms with Gasteiger partial charge in [-0.2, -0.15) is 0 Å². The molecule has 1 unspecified atom stereocenters. The Kier molecular flexibility index (Phi) is 5.73. The van der Waals surface area contributed by atoms with Crippen LogP contribution in [0.3, 0.4) is 0 Å². The van der Waals surface area contributed by atoms with Crippen molar-refractivity contribution in [2.24, 2.45) is 5.73 Å². The van der Waals surface area contributed by atoms with E-state index in [2.05, 4.69) is 0 Å². The van der Waals surface area contributed by atoms with E-state index in [0.29, 0.717) is 12.3 Å². The number of hydrogen-bond donors (Lipinski definition) is 1. The highest BCUT2D eigenvalue weighted by Gasteiger charge is 2.21. The second-order valence-corrected chi connectivity index (χ2v) is 6.57. The van der Waals surface area contributed by atoms with E-state index in [0.717, 1.165) is 29.7 Å². The number of methoxy groups -OCH3 is 1. The van der Waals surface area contributed by atoms with Crippen molar-refractivity contribution in [1.82, 2.24) is 0 Å². The summed E-state index contributed by atoms with van der Waals surface area (Å²) < 4.78 is 11.6. The minimum atomic E-state index is -0.401. The summed E-state index contributed by atoms with van der Waals surface area (Å²) >= 11 is 0. The van der Waals surface area contributed by atoms with Crippen LogP contribution in [0.15, 0.2) is 42.5 Å². The number of ether oxygens (including phenoxy) is 2. The highest BCUT2D eigenvalue weighted by molar-refractivity contribution is 5.47. The van der Waals surface area contributed by atoms with E-state index < -0.39 is 4.92 Å². The molecule has 3 rings (SSSR count). The van der Waals surface area contributed by atoms with Crippen LogP contribution in [0.25, 0.3) is 0 Å². The molecule has 0 aliphatic heterocycles. The Labute approximate surface area is 153 Å².